The number of halogens is 2. The molecular weight excluding hydrogens is 725 g/mol. The summed E-state index contributed by atoms with van der Waals surface area (Å²) in [5.41, 5.74) is 1.67. The van der Waals surface area contributed by atoms with Crippen LogP contribution in [0.5, 0.6) is 0 Å². The van der Waals surface area contributed by atoms with Gasteiger partial charge in [-0.05, 0) is 93.1 Å². The van der Waals surface area contributed by atoms with E-state index in [-0.39, 0.29) is 35.7 Å². The third-order valence-electron chi connectivity index (χ3n) is 10.6. The molecule has 3 aliphatic rings. The minimum Gasteiger partial charge on any atom is -0.343 e. The van der Waals surface area contributed by atoms with Crippen LogP contribution in [-0.2, 0) is 27.1 Å². The molecule has 2 aromatic heterocycles. The maximum absolute atomic E-state index is 14.4. The molecule has 3 aromatic carbocycles. The maximum atomic E-state index is 14.4. The third kappa shape index (κ3) is 6.11. The number of imidazole rings is 1. The van der Waals surface area contributed by atoms with Crippen LogP contribution >= 0.6 is 23.2 Å². The fraction of sp³-hybridized carbons (Fsp3) is 0.244. The van der Waals surface area contributed by atoms with Crippen molar-refractivity contribution in [2.45, 2.75) is 62.6 Å². The molecule has 0 saturated heterocycles. The van der Waals surface area contributed by atoms with Gasteiger partial charge >= 0.3 is 0 Å². The lowest BCUT2D eigenvalue weighted by atomic mass is 9.91. The second-order valence-electron chi connectivity index (χ2n) is 14.4. The summed E-state index contributed by atoms with van der Waals surface area (Å²) in [6, 6.07) is 24.9. The number of amides is 3. The van der Waals surface area contributed by atoms with Gasteiger partial charge in [-0.15, -0.1) is 0 Å². The Morgan fingerprint density at radius 1 is 0.870 bits per heavy atom. The van der Waals surface area contributed by atoms with E-state index in [1.807, 2.05) is 30.3 Å². The first-order valence-corrected chi connectivity index (χ1v) is 18.2. The van der Waals surface area contributed by atoms with Crippen LogP contribution in [0.15, 0.2) is 91.3 Å². The standard InChI is InChI=1S/C41H33Cl2N7O4/c1-24(51)27-4-3-5-28(16-27)29-10-11-34(45-22-29)40(12-13-40)48-36(53)41(14-15-41)47-35(52)33-23-46-38-49(32-18-30(42)17-31(43)19-32)37(54)39(2,50(33)38)20-25-6-8-26(21-44)9-7-25/h3-11,16-19,22-23H,12-15,20H2,1-2H3,(H,47,52)(H,48,53)/t39-/m1/s1. The number of anilines is 2. The molecule has 3 heterocycles. The van der Waals surface area contributed by atoms with Crippen LogP contribution in [0.1, 0.15) is 77.2 Å². The monoisotopic (exact) mass is 757 g/mol. The Balaban J connectivity index is 1.05. The van der Waals surface area contributed by atoms with Gasteiger partial charge in [0, 0.05) is 33.8 Å². The van der Waals surface area contributed by atoms with Crippen molar-refractivity contribution in [2.24, 2.45) is 0 Å². The summed E-state index contributed by atoms with van der Waals surface area (Å²) in [6.45, 7) is 3.26. The predicted octanol–water partition coefficient (Wildman–Crippen LogP) is 7.03. The molecule has 1 atom stereocenters. The molecule has 0 radical (unpaired) electrons. The lowest BCUT2D eigenvalue weighted by molar-refractivity contribution is -0.125. The number of benzene rings is 3. The number of aromatic nitrogens is 3. The highest BCUT2D eigenvalue weighted by Gasteiger charge is 2.57. The van der Waals surface area contributed by atoms with Crippen molar-refractivity contribution in [3.63, 3.8) is 0 Å². The predicted molar refractivity (Wildman–Crippen MR) is 203 cm³/mol. The number of carbonyl (C=O) groups excluding carboxylic acids is 4. The van der Waals surface area contributed by atoms with E-state index >= 15 is 0 Å². The average Bonchev–Trinajstić information content (AvgIpc) is 4.06. The zero-order chi connectivity index (χ0) is 38.0. The zero-order valence-electron chi connectivity index (χ0n) is 29.3. The first-order valence-electron chi connectivity index (χ1n) is 17.5. The molecule has 0 spiro atoms. The maximum Gasteiger partial charge on any atom is 0.270 e. The summed E-state index contributed by atoms with van der Waals surface area (Å²) in [7, 11) is 0. The van der Waals surface area contributed by atoms with Crippen molar-refractivity contribution >= 4 is 58.3 Å². The van der Waals surface area contributed by atoms with Gasteiger partial charge in [-0.2, -0.15) is 5.26 Å². The smallest absolute Gasteiger partial charge is 0.270 e. The Hall–Kier alpha value is -5.83. The second-order valence-corrected chi connectivity index (χ2v) is 15.3. The highest BCUT2D eigenvalue weighted by Crippen LogP contribution is 2.48. The van der Waals surface area contributed by atoms with Crippen molar-refractivity contribution < 1.29 is 19.2 Å². The number of nitrogens with one attached hydrogen (secondary N) is 2. The van der Waals surface area contributed by atoms with Crippen LogP contribution < -0.4 is 15.5 Å². The van der Waals surface area contributed by atoms with Crippen molar-refractivity contribution in [3.8, 4) is 17.2 Å². The van der Waals surface area contributed by atoms with E-state index in [9.17, 15) is 24.4 Å². The number of hydrogen-bond acceptors (Lipinski definition) is 7. The van der Waals surface area contributed by atoms with Gasteiger partial charge < -0.3 is 10.6 Å². The largest absolute Gasteiger partial charge is 0.343 e. The third-order valence-corrected chi connectivity index (χ3v) is 11.0. The van der Waals surface area contributed by atoms with Gasteiger partial charge in [-0.1, -0.05) is 59.6 Å². The van der Waals surface area contributed by atoms with Crippen LogP contribution in [0.25, 0.3) is 11.1 Å². The average molecular weight is 759 g/mol. The molecule has 1 aliphatic heterocycles. The summed E-state index contributed by atoms with van der Waals surface area (Å²) in [5.74, 6) is -1.03. The van der Waals surface area contributed by atoms with Gasteiger partial charge in [0.25, 0.3) is 11.8 Å². The molecular formula is C41H33Cl2N7O4. The van der Waals surface area contributed by atoms with Crippen molar-refractivity contribution in [1.29, 1.82) is 5.26 Å². The van der Waals surface area contributed by atoms with Gasteiger partial charge in [0.05, 0.1) is 34.7 Å². The topological polar surface area (TPSA) is 150 Å². The zero-order valence-corrected chi connectivity index (χ0v) is 30.8. The number of ketones is 1. The fourth-order valence-corrected chi connectivity index (χ4v) is 7.73. The van der Waals surface area contributed by atoms with E-state index in [1.165, 1.54) is 18.0 Å². The van der Waals surface area contributed by atoms with E-state index in [1.54, 1.807) is 66.2 Å². The minimum absolute atomic E-state index is 0.0183. The second kappa shape index (κ2) is 12.9. The quantitative estimate of drug-likeness (QED) is 0.145. The first kappa shape index (κ1) is 35.2. The van der Waals surface area contributed by atoms with Crippen LogP contribution in [0, 0.1) is 11.3 Å². The molecule has 2 aliphatic carbocycles. The van der Waals surface area contributed by atoms with Crippen LogP contribution in [-0.4, -0.2) is 43.6 Å². The Kier molecular flexibility index (Phi) is 8.43. The molecule has 54 heavy (non-hydrogen) atoms. The molecule has 8 rings (SSSR count). The van der Waals surface area contributed by atoms with Crippen LogP contribution in [0.2, 0.25) is 10.0 Å². The Morgan fingerprint density at radius 2 is 1.59 bits per heavy atom. The molecule has 2 saturated carbocycles. The number of rotatable bonds is 10. The van der Waals surface area contributed by atoms with Gasteiger partial charge in [0.1, 0.15) is 16.8 Å². The highest BCUT2D eigenvalue weighted by atomic mass is 35.5. The van der Waals surface area contributed by atoms with Gasteiger partial charge in [0.15, 0.2) is 5.78 Å². The lowest BCUT2D eigenvalue weighted by Gasteiger charge is -2.27. The molecule has 13 heteroatoms. The molecule has 5 aromatic rings. The molecule has 2 N–H and O–H groups in total. The first-order chi connectivity index (χ1) is 25.8. The van der Waals surface area contributed by atoms with Crippen LogP contribution in [0.3, 0.4) is 0 Å². The number of Topliss-reactive ketones (excluding diaryl/α,β-unsaturated/α-hetero) is 1. The summed E-state index contributed by atoms with van der Waals surface area (Å²) >= 11 is 12.7. The summed E-state index contributed by atoms with van der Waals surface area (Å²) < 4.78 is 1.60. The van der Waals surface area contributed by atoms with Crippen molar-refractivity contribution in [3.05, 3.63) is 129 Å². The molecule has 0 bridgehead atoms. The van der Waals surface area contributed by atoms with Gasteiger partial charge in [-0.25, -0.2) is 9.88 Å². The number of fused-ring (bicyclic) bond motifs is 1. The Bertz CT molecular complexity index is 2410. The Morgan fingerprint density at radius 3 is 2.20 bits per heavy atom. The lowest BCUT2D eigenvalue weighted by Crippen LogP contribution is -2.52. The number of pyridine rings is 1. The Labute approximate surface area is 320 Å². The normalized spacial score (nSPS) is 18.7. The van der Waals surface area contributed by atoms with E-state index in [2.05, 4.69) is 21.7 Å². The SMILES string of the molecule is CC(=O)c1cccc(-c2ccc(C3(NC(=O)C4(NC(=O)c5cnc6n5[C@](C)(Cc5ccc(C#N)cc5)C(=O)N6c5cc(Cl)cc(Cl)c5)CC4)CC3)nc2)c1. The number of hydrogen-bond donors (Lipinski definition) is 2. The van der Waals surface area contributed by atoms with Crippen LogP contribution in [0.4, 0.5) is 11.6 Å². The number of nitriles is 1. The van der Waals surface area contributed by atoms with Crippen molar-refractivity contribution in [2.75, 3.05) is 4.90 Å². The molecule has 0 unspecified atom stereocenters. The summed E-state index contributed by atoms with van der Waals surface area (Å²) in [5, 5.41) is 16.1. The highest BCUT2D eigenvalue weighted by molar-refractivity contribution is 6.35. The molecule has 3 amide bonds. The molecule has 2 fully saturated rings. The van der Waals surface area contributed by atoms with Gasteiger partial charge in [0.2, 0.25) is 11.9 Å². The van der Waals surface area contributed by atoms with Crippen molar-refractivity contribution in [1.82, 2.24) is 25.2 Å². The van der Waals surface area contributed by atoms with E-state index in [4.69, 9.17) is 28.2 Å². The number of carbonyl (C=O) groups is 4. The van der Waals surface area contributed by atoms with E-state index < -0.39 is 22.5 Å². The minimum atomic E-state index is -1.33. The molecule has 270 valence electrons. The summed E-state index contributed by atoms with van der Waals surface area (Å²) in [4.78, 5) is 65.1. The summed E-state index contributed by atoms with van der Waals surface area (Å²) in [6.07, 6.45) is 5.60. The molecule has 11 nitrogen and oxygen atoms in total. The van der Waals surface area contributed by atoms with Gasteiger partial charge in [-0.3, -0.25) is 28.7 Å². The van der Waals surface area contributed by atoms with E-state index in [0.717, 1.165) is 22.4 Å². The van der Waals surface area contributed by atoms with E-state index in [0.29, 0.717) is 52.5 Å². The fourth-order valence-electron chi connectivity index (χ4n) is 7.21. The number of nitrogens with zero attached hydrogens (tertiary/aromatic N) is 5.